The second-order valence-corrected chi connectivity index (χ2v) is 4.53. The van der Waals surface area contributed by atoms with Gasteiger partial charge in [-0.3, -0.25) is 4.55 Å². The molecule has 1 rings (SSSR count). The van der Waals surface area contributed by atoms with Crippen LogP contribution in [0.5, 0.6) is 0 Å². The van der Waals surface area contributed by atoms with Gasteiger partial charge in [0.25, 0.3) is 10.1 Å². The van der Waals surface area contributed by atoms with Crippen molar-refractivity contribution in [3.63, 3.8) is 0 Å². The summed E-state index contributed by atoms with van der Waals surface area (Å²) in [4.78, 5) is 0. The van der Waals surface area contributed by atoms with E-state index < -0.39 is 10.1 Å². The van der Waals surface area contributed by atoms with Crippen LogP contribution in [-0.4, -0.2) is 23.3 Å². The Kier molecular flexibility index (Phi) is 5.32. The Morgan fingerprint density at radius 3 is 2.57 bits per heavy atom. The van der Waals surface area contributed by atoms with Gasteiger partial charge in [0.15, 0.2) is 0 Å². The smallest absolute Gasteiger partial charge is 0.265 e. The van der Waals surface area contributed by atoms with Crippen molar-refractivity contribution in [2.75, 3.05) is 5.75 Å². The lowest BCUT2D eigenvalue weighted by Crippen LogP contribution is -3.00. The summed E-state index contributed by atoms with van der Waals surface area (Å²) < 4.78 is 32.9. The molecule has 0 saturated carbocycles. The molecule has 14 heavy (non-hydrogen) atoms. The summed E-state index contributed by atoms with van der Waals surface area (Å²) in [6.45, 7) is 0.598. The molecular formula is C7H13BrN2O3S. The first-order chi connectivity index (χ1) is 5.97. The molecule has 0 aliphatic carbocycles. The Morgan fingerprint density at radius 2 is 2.14 bits per heavy atom. The van der Waals surface area contributed by atoms with Crippen LogP contribution in [0.15, 0.2) is 18.7 Å². The van der Waals surface area contributed by atoms with Crippen LogP contribution in [0.4, 0.5) is 0 Å². The zero-order chi connectivity index (χ0) is 9.90. The van der Waals surface area contributed by atoms with Gasteiger partial charge in [-0.05, 0) is 0 Å². The van der Waals surface area contributed by atoms with E-state index in [9.17, 15) is 8.42 Å². The van der Waals surface area contributed by atoms with Crippen LogP contribution in [0, 0.1) is 0 Å². The van der Waals surface area contributed by atoms with Crippen LogP contribution in [0.1, 0.15) is 6.42 Å². The van der Waals surface area contributed by atoms with Crippen molar-refractivity contribution in [3.05, 3.63) is 18.7 Å². The van der Waals surface area contributed by atoms with Gasteiger partial charge < -0.3 is 17.0 Å². The number of hydrogen-bond acceptors (Lipinski definition) is 2. The highest BCUT2D eigenvalue weighted by molar-refractivity contribution is 7.85. The third-order valence-corrected chi connectivity index (χ3v) is 2.45. The van der Waals surface area contributed by atoms with E-state index in [1.54, 1.807) is 0 Å². The molecule has 1 aromatic heterocycles. The van der Waals surface area contributed by atoms with E-state index in [0.29, 0.717) is 13.0 Å². The van der Waals surface area contributed by atoms with E-state index in [1.807, 2.05) is 34.9 Å². The number of aromatic nitrogens is 2. The highest BCUT2D eigenvalue weighted by atomic mass is 79.9. The van der Waals surface area contributed by atoms with Crippen molar-refractivity contribution < 1.29 is 34.5 Å². The minimum absolute atomic E-state index is 0. The third kappa shape index (κ3) is 5.36. The number of nitrogens with zero attached hydrogens (tertiary/aromatic N) is 2. The monoisotopic (exact) mass is 284 g/mol. The zero-order valence-corrected chi connectivity index (χ0v) is 10.2. The lowest BCUT2D eigenvalue weighted by molar-refractivity contribution is -0.671. The lowest BCUT2D eigenvalue weighted by atomic mass is 10.5. The van der Waals surface area contributed by atoms with E-state index in [-0.39, 0.29) is 22.7 Å². The predicted molar refractivity (Wildman–Crippen MR) is 46.6 cm³/mol. The fourth-order valence-electron chi connectivity index (χ4n) is 1.06. The maximum absolute atomic E-state index is 10.4. The molecule has 0 saturated heterocycles. The number of rotatable bonds is 4. The SMILES string of the molecule is C[n+]1ccn(CCCS(=O)(=O)O)c1.[Br-]. The van der Waals surface area contributed by atoms with Crippen LogP contribution in [0.2, 0.25) is 0 Å². The Morgan fingerprint density at radius 1 is 1.50 bits per heavy atom. The third-order valence-electron chi connectivity index (χ3n) is 1.64. The second kappa shape index (κ2) is 5.47. The first-order valence-corrected chi connectivity index (χ1v) is 5.54. The minimum atomic E-state index is -3.81. The summed E-state index contributed by atoms with van der Waals surface area (Å²) in [6, 6.07) is 0. The van der Waals surface area contributed by atoms with Crippen LogP contribution in [0.3, 0.4) is 0 Å². The zero-order valence-electron chi connectivity index (χ0n) is 7.80. The van der Waals surface area contributed by atoms with Gasteiger partial charge in [0, 0.05) is 6.42 Å². The Balaban J connectivity index is 0.00000169. The van der Waals surface area contributed by atoms with Crippen molar-refractivity contribution >= 4 is 10.1 Å². The van der Waals surface area contributed by atoms with E-state index in [0.717, 1.165) is 0 Å². The van der Waals surface area contributed by atoms with Crippen molar-refractivity contribution in [1.82, 2.24) is 4.57 Å². The van der Waals surface area contributed by atoms with Crippen molar-refractivity contribution in [2.24, 2.45) is 7.05 Å². The van der Waals surface area contributed by atoms with Gasteiger partial charge in [-0.1, -0.05) is 0 Å². The van der Waals surface area contributed by atoms with Gasteiger partial charge in [0.05, 0.1) is 19.3 Å². The summed E-state index contributed by atoms with van der Waals surface area (Å²) in [5.41, 5.74) is 0. The standard InChI is InChI=1S/C7H12N2O3S.BrH/c1-8-4-5-9(7-8)3-2-6-13(10,11)12;/h4-5,7H,2-3,6H2,1H3;1H. The summed E-state index contributed by atoms with van der Waals surface area (Å²) in [5, 5.41) is 0. The molecule has 1 heterocycles. The second-order valence-electron chi connectivity index (χ2n) is 2.96. The molecular weight excluding hydrogens is 272 g/mol. The fourth-order valence-corrected chi connectivity index (χ4v) is 1.56. The van der Waals surface area contributed by atoms with Crippen molar-refractivity contribution in [3.8, 4) is 0 Å². The van der Waals surface area contributed by atoms with Crippen LogP contribution in [0.25, 0.3) is 0 Å². The molecule has 0 radical (unpaired) electrons. The maximum Gasteiger partial charge on any atom is 0.265 e. The number of aryl methyl sites for hydroxylation is 2. The number of hydrogen-bond donors (Lipinski definition) is 1. The predicted octanol–water partition coefficient (Wildman–Crippen LogP) is -3.41. The summed E-state index contributed by atoms with van der Waals surface area (Å²) in [5.74, 6) is -0.186. The summed E-state index contributed by atoms with van der Waals surface area (Å²) >= 11 is 0. The molecule has 7 heteroatoms. The molecule has 1 aromatic rings. The first kappa shape index (κ1) is 13.6. The topological polar surface area (TPSA) is 63.2 Å². The van der Waals surface area contributed by atoms with E-state index >= 15 is 0 Å². The van der Waals surface area contributed by atoms with Gasteiger partial charge in [-0.15, -0.1) is 0 Å². The minimum Gasteiger partial charge on any atom is -1.00 e. The normalized spacial score (nSPS) is 11.0. The lowest BCUT2D eigenvalue weighted by Gasteiger charge is -1.94. The molecule has 0 spiro atoms. The molecule has 0 amide bonds. The van der Waals surface area contributed by atoms with Crippen LogP contribution in [-0.2, 0) is 23.7 Å². The van der Waals surface area contributed by atoms with Crippen molar-refractivity contribution in [1.29, 1.82) is 0 Å². The summed E-state index contributed by atoms with van der Waals surface area (Å²) in [7, 11) is -1.92. The van der Waals surface area contributed by atoms with Crippen LogP contribution >= 0.6 is 0 Å². The van der Waals surface area contributed by atoms with Crippen LogP contribution < -0.4 is 21.5 Å². The van der Waals surface area contributed by atoms with Gasteiger partial charge >= 0.3 is 0 Å². The molecule has 0 atom stereocenters. The maximum atomic E-state index is 10.4. The highest BCUT2D eigenvalue weighted by Crippen LogP contribution is 1.93. The average Bonchev–Trinajstić information content (AvgIpc) is 2.33. The molecule has 0 bridgehead atoms. The molecule has 0 aliphatic heterocycles. The molecule has 0 fully saturated rings. The van der Waals surface area contributed by atoms with Gasteiger partial charge in [-0.25, -0.2) is 9.13 Å². The molecule has 5 nitrogen and oxygen atoms in total. The molecule has 0 aromatic carbocycles. The Bertz CT molecular complexity index is 374. The van der Waals surface area contributed by atoms with Gasteiger partial charge in [0.2, 0.25) is 6.33 Å². The quantitative estimate of drug-likeness (QED) is 0.463. The fraction of sp³-hybridized carbons (Fsp3) is 0.571. The Labute approximate surface area is 93.9 Å². The molecule has 1 N–H and O–H groups in total. The van der Waals surface area contributed by atoms with E-state index in [1.165, 1.54) is 0 Å². The summed E-state index contributed by atoms with van der Waals surface area (Å²) in [6.07, 6.45) is 5.99. The van der Waals surface area contributed by atoms with Gasteiger partial charge in [-0.2, -0.15) is 8.42 Å². The molecule has 0 unspecified atom stereocenters. The number of halogens is 1. The first-order valence-electron chi connectivity index (χ1n) is 3.93. The van der Waals surface area contributed by atoms with E-state index in [2.05, 4.69) is 0 Å². The van der Waals surface area contributed by atoms with Gasteiger partial charge in [0.1, 0.15) is 12.4 Å². The highest BCUT2D eigenvalue weighted by Gasteiger charge is 2.06. The average molecular weight is 285 g/mol. The van der Waals surface area contributed by atoms with E-state index in [4.69, 9.17) is 4.55 Å². The largest absolute Gasteiger partial charge is 1.00 e. The van der Waals surface area contributed by atoms with Crippen molar-refractivity contribution in [2.45, 2.75) is 13.0 Å². The molecule has 0 aliphatic rings. The molecule has 82 valence electrons. The number of imidazole rings is 1. The Hall–Kier alpha value is -0.400.